The molecule has 7 nitrogen and oxygen atoms in total. The number of carbonyl (C=O) groups is 1. The molecule has 2 fully saturated rings. The van der Waals surface area contributed by atoms with E-state index < -0.39 is 0 Å². The molecule has 1 unspecified atom stereocenters. The molecule has 0 radical (unpaired) electrons. The monoisotopic (exact) mass is 356 g/mol. The Bertz CT molecular complexity index is 796. The fourth-order valence-electron chi connectivity index (χ4n) is 4.11. The van der Waals surface area contributed by atoms with E-state index in [1.165, 1.54) is 0 Å². The first kappa shape index (κ1) is 17.1. The van der Waals surface area contributed by atoms with Crippen LogP contribution in [-0.4, -0.2) is 45.1 Å². The van der Waals surface area contributed by atoms with Crippen LogP contribution >= 0.6 is 0 Å². The van der Waals surface area contributed by atoms with Gasteiger partial charge in [0.15, 0.2) is 5.82 Å². The van der Waals surface area contributed by atoms with Gasteiger partial charge < -0.3 is 14.2 Å². The van der Waals surface area contributed by atoms with E-state index in [4.69, 9.17) is 9.26 Å². The van der Waals surface area contributed by atoms with Crippen LogP contribution in [0.1, 0.15) is 53.5 Å². The van der Waals surface area contributed by atoms with Crippen LogP contribution in [0.15, 0.2) is 22.9 Å². The number of aromatic nitrogens is 3. The van der Waals surface area contributed by atoms with Gasteiger partial charge in [-0.2, -0.15) is 4.98 Å². The first-order valence-corrected chi connectivity index (χ1v) is 9.19. The van der Waals surface area contributed by atoms with Crippen molar-refractivity contribution in [2.75, 3.05) is 13.1 Å². The lowest BCUT2D eigenvalue weighted by Crippen LogP contribution is -2.54. The van der Waals surface area contributed by atoms with Crippen molar-refractivity contribution in [3.05, 3.63) is 41.3 Å². The Balaban J connectivity index is 1.34. The molecule has 0 bridgehead atoms. The molecule has 1 spiro atoms. The van der Waals surface area contributed by atoms with Crippen molar-refractivity contribution in [3.63, 3.8) is 0 Å². The summed E-state index contributed by atoms with van der Waals surface area (Å²) in [6, 6.07) is 3.68. The van der Waals surface area contributed by atoms with Crippen LogP contribution < -0.4 is 0 Å². The molecule has 1 aliphatic heterocycles. The maximum Gasteiger partial charge on any atom is 0.255 e. The number of pyridine rings is 1. The zero-order chi connectivity index (χ0) is 18.1. The third kappa shape index (κ3) is 3.11. The maximum absolute atomic E-state index is 12.8. The minimum Gasteiger partial charge on any atom is -0.368 e. The first-order chi connectivity index (χ1) is 12.6. The van der Waals surface area contributed by atoms with Gasteiger partial charge in [0.2, 0.25) is 0 Å². The van der Waals surface area contributed by atoms with Crippen LogP contribution in [0.4, 0.5) is 0 Å². The predicted octanol–water partition coefficient (Wildman–Crippen LogP) is 2.68. The summed E-state index contributed by atoms with van der Waals surface area (Å²) in [6.45, 7) is 5.59. The molecule has 0 aromatic carbocycles. The summed E-state index contributed by atoms with van der Waals surface area (Å²) in [4.78, 5) is 23.1. The van der Waals surface area contributed by atoms with Crippen LogP contribution in [0, 0.1) is 19.3 Å². The zero-order valence-electron chi connectivity index (χ0n) is 15.3. The number of aryl methyl sites for hydroxylation is 2. The van der Waals surface area contributed by atoms with E-state index >= 15 is 0 Å². The normalized spacial score (nSPS) is 21.6. The highest BCUT2D eigenvalue weighted by atomic mass is 16.5. The Kier molecular flexibility index (Phi) is 4.48. The quantitative estimate of drug-likeness (QED) is 0.838. The Morgan fingerprint density at radius 2 is 2.15 bits per heavy atom. The van der Waals surface area contributed by atoms with Crippen molar-refractivity contribution in [1.82, 2.24) is 20.0 Å². The third-order valence-electron chi connectivity index (χ3n) is 5.85. The summed E-state index contributed by atoms with van der Waals surface area (Å²) < 4.78 is 11.2. The minimum absolute atomic E-state index is 0.0866. The molecule has 138 valence electrons. The fraction of sp³-hybridized carbons (Fsp3) is 0.579. The van der Waals surface area contributed by atoms with Gasteiger partial charge in [-0.05, 0) is 51.7 Å². The summed E-state index contributed by atoms with van der Waals surface area (Å²) >= 11 is 0. The highest BCUT2D eigenvalue weighted by Crippen LogP contribution is 2.51. The van der Waals surface area contributed by atoms with Gasteiger partial charge in [0.05, 0.1) is 11.7 Å². The van der Waals surface area contributed by atoms with Gasteiger partial charge >= 0.3 is 0 Å². The first-order valence-electron chi connectivity index (χ1n) is 9.19. The van der Waals surface area contributed by atoms with E-state index in [0.29, 0.717) is 23.9 Å². The second kappa shape index (κ2) is 6.79. The van der Waals surface area contributed by atoms with Crippen LogP contribution in [-0.2, 0) is 11.3 Å². The van der Waals surface area contributed by atoms with Gasteiger partial charge in [-0.1, -0.05) is 5.16 Å². The van der Waals surface area contributed by atoms with E-state index in [1.807, 2.05) is 24.0 Å². The molecule has 2 aromatic heterocycles. The van der Waals surface area contributed by atoms with Crippen molar-refractivity contribution in [2.24, 2.45) is 5.41 Å². The molecule has 1 aliphatic carbocycles. The largest absolute Gasteiger partial charge is 0.368 e. The summed E-state index contributed by atoms with van der Waals surface area (Å²) in [6.07, 6.45) is 6.11. The molecular weight excluding hydrogens is 332 g/mol. The number of carbonyl (C=O) groups excluding carboxylic acids is 1. The Morgan fingerprint density at radius 3 is 2.77 bits per heavy atom. The molecule has 2 aromatic rings. The number of likely N-dealkylation sites (tertiary alicyclic amines) is 1. The van der Waals surface area contributed by atoms with Crippen molar-refractivity contribution in [3.8, 4) is 0 Å². The standard InChI is InChI=1S/C19H24N4O3/c1-13-15(4-3-9-20-13)18(24)23-10-7-19(8-11-23)6-5-16(19)25-12-17-21-14(2)22-26-17/h3-4,9,16H,5-8,10-12H2,1-2H3. The number of piperidine rings is 1. The highest BCUT2D eigenvalue weighted by Gasteiger charge is 2.49. The van der Waals surface area contributed by atoms with Crippen LogP contribution in [0.2, 0.25) is 0 Å². The second-order valence-electron chi connectivity index (χ2n) is 7.36. The van der Waals surface area contributed by atoms with Gasteiger partial charge in [0.1, 0.15) is 6.61 Å². The number of amides is 1. The molecule has 7 heteroatoms. The average molecular weight is 356 g/mol. The molecular formula is C19H24N4O3. The number of hydrogen-bond donors (Lipinski definition) is 0. The number of rotatable bonds is 4. The van der Waals surface area contributed by atoms with Crippen molar-refractivity contribution in [2.45, 2.75) is 52.2 Å². The van der Waals surface area contributed by atoms with Gasteiger partial charge in [-0.25, -0.2) is 0 Å². The number of nitrogens with zero attached hydrogens (tertiary/aromatic N) is 4. The molecule has 4 rings (SSSR count). The Labute approximate surface area is 152 Å². The molecule has 1 saturated heterocycles. The summed E-state index contributed by atoms with van der Waals surface area (Å²) in [5.41, 5.74) is 1.68. The lowest BCUT2D eigenvalue weighted by Gasteiger charge is -2.53. The van der Waals surface area contributed by atoms with E-state index in [-0.39, 0.29) is 17.4 Å². The summed E-state index contributed by atoms with van der Waals surface area (Å²) in [5.74, 6) is 1.25. The Hall–Kier alpha value is -2.28. The number of hydrogen-bond acceptors (Lipinski definition) is 6. The number of ether oxygens (including phenoxy) is 1. The van der Waals surface area contributed by atoms with Crippen molar-refractivity contribution < 1.29 is 14.1 Å². The minimum atomic E-state index is 0.0866. The van der Waals surface area contributed by atoms with E-state index in [9.17, 15) is 4.79 Å². The van der Waals surface area contributed by atoms with Crippen LogP contribution in [0.5, 0.6) is 0 Å². The lowest BCUT2D eigenvalue weighted by atomic mass is 9.60. The molecule has 1 atom stereocenters. The Morgan fingerprint density at radius 1 is 1.35 bits per heavy atom. The van der Waals surface area contributed by atoms with Gasteiger partial charge in [0, 0.05) is 30.4 Å². The van der Waals surface area contributed by atoms with E-state index in [2.05, 4.69) is 15.1 Å². The lowest BCUT2D eigenvalue weighted by molar-refractivity contribution is -0.143. The average Bonchev–Trinajstić information content (AvgIpc) is 3.06. The van der Waals surface area contributed by atoms with Crippen molar-refractivity contribution in [1.29, 1.82) is 0 Å². The maximum atomic E-state index is 12.8. The van der Waals surface area contributed by atoms with E-state index in [1.54, 1.807) is 13.1 Å². The topological polar surface area (TPSA) is 81.4 Å². The van der Waals surface area contributed by atoms with Gasteiger partial charge in [-0.3, -0.25) is 9.78 Å². The fourth-order valence-corrected chi connectivity index (χ4v) is 4.11. The molecule has 1 amide bonds. The molecule has 3 heterocycles. The predicted molar refractivity (Wildman–Crippen MR) is 93.4 cm³/mol. The SMILES string of the molecule is Cc1noc(COC2CCC23CCN(C(=O)c2cccnc2C)CC3)n1. The van der Waals surface area contributed by atoms with Gasteiger partial charge in [0.25, 0.3) is 11.8 Å². The molecule has 26 heavy (non-hydrogen) atoms. The third-order valence-corrected chi connectivity index (χ3v) is 5.85. The van der Waals surface area contributed by atoms with E-state index in [0.717, 1.165) is 44.5 Å². The summed E-state index contributed by atoms with van der Waals surface area (Å²) in [5, 5.41) is 3.79. The van der Waals surface area contributed by atoms with Crippen LogP contribution in [0.3, 0.4) is 0 Å². The smallest absolute Gasteiger partial charge is 0.255 e. The highest BCUT2D eigenvalue weighted by molar-refractivity contribution is 5.95. The second-order valence-corrected chi connectivity index (χ2v) is 7.36. The van der Waals surface area contributed by atoms with Crippen LogP contribution in [0.25, 0.3) is 0 Å². The molecule has 2 aliphatic rings. The summed E-state index contributed by atoms with van der Waals surface area (Å²) in [7, 11) is 0. The van der Waals surface area contributed by atoms with Crippen molar-refractivity contribution >= 4 is 5.91 Å². The van der Waals surface area contributed by atoms with Gasteiger partial charge in [-0.15, -0.1) is 0 Å². The molecule has 0 N–H and O–H groups in total. The zero-order valence-corrected chi connectivity index (χ0v) is 15.3. The molecule has 1 saturated carbocycles.